The van der Waals surface area contributed by atoms with Crippen molar-refractivity contribution in [1.82, 2.24) is 15.2 Å². The van der Waals surface area contributed by atoms with Gasteiger partial charge in [0.15, 0.2) is 0 Å². The monoisotopic (exact) mass is 313 g/mol. The molecule has 0 spiro atoms. The number of amides is 1. The van der Waals surface area contributed by atoms with Crippen LogP contribution in [0.25, 0.3) is 10.9 Å². The molecule has 1 atom stereocenters. The lowest BCUT2D eigenvalue weighted by Crippen LogP contribution is -2.50. The molecule has 1 N–H and O–H groups in total. The highest BCUT2D eigenvalue weighted by molar-refractivity contribution is 5.79. The fourth-order valence-corrected chi connectivity index (χ4v) is 2.83. The van der Waals surface area contributed by atoms with E-state index in [9.17, 15) is 4.79 Å². The molecule has 5 heteroatoms. The van der Waals surface area contributed by atoms with E-state index in [2.05, 4.69) is 28.5 Å². The number of nitrogens with zero attached hydrogens (tertiary/aromatic N) is 2. The quantitative estimate of drug-likeness (QED) is 0.879. The zero-order valence-corrected chi connectivity index (χ0v) is 13.9. The Bertz CT molecular complexity index is 709. The minimum absolute atomic E-state index is 0.0370. The molecule has 1 aliphatic heterocycles. The first kappa shape index (κ1) is 15.7. The summed E-state index contributed by atoms with van der Waals surface area (Å²) in [4.78, 5) is 18.7. The maximum Gasteiger partial charge on any atom is 0.410 e. The van der Waals surface area contributed by atoms with E-state index in [1.807, 2.05) is 37.8 Å². The van der Waals surface area contributed by atoms with Gasteiger partial charge in [-0.1, -0.05) is 18.2 Å². The highest BCUT2D eigenvalue weighted by Gasteiger charge is 2.31. The molecule has 0 aliphatic carbocycles. The Morgan fingerprint density at radius 3 is 2.96 bits per heavy atom. The van der Waals surface area contributed by atoms with E-state index in [-0.39, 0.29) is 12.1 Å². The van der Waals surface area contributed by atoms with E-state index in [1.54, 1.807) is 6.20 Å². The van der Waals surface area contributed by atoms with Gasteiger partial charge in [-0.15, -0.1) is 0 Å². The van der Waals surface area contributed by atoms with Crippen molar-refractivity contribution < 1.29 is 9.53 Å². The van der Waals surface area contributed by atoms with E-state index in [0.717, 1.165) is 29.6 Å². The largest absolute Gasteiger partial charge is 0.444 e. The molecular formula is C18H23N3O2. The molecular weight excluding hydrogens is 290 g/mol. The molecule has 1 saturated heterocycles. The van der Waals surface area contributed by atoms with Crippen molar-refractivity contribution in [3.63, 3.8) is 0 Å². The number of hydrogen-bond donors (Lipinski definition) is 1. The summed E-state index contributed by atoms with van der Waals surface area (Å²) in [5, 5.41) is 4.46. The maximum absolute atomic E-state index is 12.5. The second kappa shape index (κ2) is 6.16. The molecule has 1 aromatic heterocycles. The Kier molecular flexibility index (Phi) is 4.22. The van der Waals surface area contributed by atoms with Crippen molar-refractivity contribution >= 4 is 17.0 Å². The summed E-state index contributed by atoms with van der Waals surface area (Å²) >= 11 is 0. The molecule has 0 saturated carbocycles. The summed E-state index contributed by atoms with van der Waals surface area (Å²) in [6.07, 6.45) is 1.53. The van der Waals surface area contributed by atoms with Crippen LogP contribution in [0.15, 0.2) is 36.5 Å². The van der Waals surface area contributed by atoms with Crippen LogP contribution >= 0.6 is 0 Å². The van der Waals surface area contributed by atoms with Crippen LogP contribution in [0.4, 0.5) is 4.79 Å². The number of carbonyl (C=O) groups excluding carboxylic acids is 1. The number of ether oxygens (including phenoxy) is 1. The molecule has 122 valence electrons. The fraction of sp³-hybridized carbons (Fsp3) is 0.444. The van der Waals surface area contributed by atoms with Crippen molar-refractivity contribution in [3.05, 3.63) is 42.1 Å². The van der Waals surface area contributed by atoms with Gasteiger partial charge in [0.2, 0.25) is 0 Å². The third kappa shape index (κ3) is 3.62. The topological polar surface area (TPSA) is 54.5 Å². The van der Waals surface area contributed by atoms with Crippen LogP contribution in [0, 0.1) is 0 Å². The second-order valence-corrected chi connectivity index (χ2v) is 6.85. The van der Waals surface area contributed by atoms with Crippen LogP contribution in [0.3, 0.4) is 0 Å². The van der Waals surface area contributed by atoms with E-state index in [4.69, 9.17) is 4.74 Å². The van der Waals surface area contributed by atoms with Crippen molar-refractivity contribution in [3.8, 4) is 0 Å². The molecule has 1 aromatic carbocycles. The van der Waals surface area contributed by atoms with Crippen LogP contribution in [0.5, 0.6) is 0 Å². The molecule has 1 unspecified atom stereocenters. The average Bonchev–Trinajstić information content (AvgIpc) is 2.53. The highest BCUT2D eigenvalue weighted by atomic mass is 16.6. The number of hydrogen-bond acceptors (Lipinski definition) is 4. The smallest absolute Gasteiger partial charge is 0.410 e. The molecule has 23 heavy (non-hydrogen) atoms. The molecule has 2 aromatic rings. The number of rotatable bonds is 1. The third-order valence-corrected chi connectivity index (χ3v) is 3.89. The number of benzene rings is 1. The molecule has 3 rings (SSSR count). The van der Waals surface area contributed by atoms with Gasteiger partial charge in [0, 0.05) is 31.2 Å². The number of fused-ring (bicyclic) bond motifs is 1. The van der Waals surface area contributed by atoms with Crippen molar-refractivity contribution in [1.29, 1.82) is 0 Å². The Labute approximate surface area is 136 Å². The van der Waals surface area contributed by atoms with Crippen LogP contribution < -0.4 is 5.32 Å². The van der Waals surface area contributed by atoms with Crippen LogP contribution in [-0.4, -0.2) is 41.2 Å². The Balaban J connectivity index is 1.89. The second-order valence-electron chi connectivity index (χ2n) is 6.85. The standard InChI is InChI=1S/C18H23N3O2/c1-18(2,3)23-17(22)21-10-9-19-12-16(21)14-7-6-13-5-4-8-20-15(13)11-14/h4-8,11,16,19H,9-10,12H2,1-3H3. The predicted octanol–water partition coefficient (Wildman–Crippen LogP) is 3.12. The van der Waals surface area contributed by atoms with E-state index in [0.29, 0.717) is 6.54 Å². The summed E-state index contributed by atoms with van der Waals surface area (Å²) in [5.41, 5.74) is 1.53. The van der Waals surface area contributed by atoms with Crippen molar-refractivity contribution in [2.75, 3.05) is 19.6 Å². The van der Waals surface area contributed by atoms with Gasteiger partial charge < -0.3 is 10.1 Å². The lowest BCUT2D eigenvalue weighted by atomic mass is 10.0. The molecule has 2 heterocycles. The summed E-state index contributed by atoms with van der Waals surface area (Å²) < 4.78 is 5.56. The molecule has 0 bridgehead atoms. The van der Waals surface area contributed by atoms with Gasteiger partial charge in [-0.3, -0.25) is 9.88 Å². The summed E-state index contributed by atoms with van der Waals surface area (Å²) in [5.74, 6) is 0. The molecule has 0 radical (unpaired) electrons. The van der Waals surface area contributed by atoms with Gasteiger partial charge in [-0.05, 0) is 38.5 Å². The normalized spacial score (nSPS) is 18.9. The maximum atomic E-state index is 12.5. The lowest BCUT2D eigenvalue weighted by Gasteiger charge is -2.37. The van der Waals surface area contributed by atoms with Crippen LogP contribution in [0.1, 0.15) is 32.4 Å². The highest BCUT2D eigenvalue weighted by Crippen LogP contribution is 2.26. The van der Waals surface area contributed by atoms with E-state index < -0.39 is 5.60 Å². The van der Waals surface area contributed by atoms with E-state index >= 15 is 0 Å². The Morgan fingerprint density at radius 2 is 2.17 bits per heavy atom. The van der Waals surface area contributed by atoms with E-state index in [1.165, 1.54) is 0 Å². The Hall–Kier alpha value is -2.14. The molecule has 1 amide bonds. The van der Waals surface area contributed by atoms with Gasteiger partial charge in [0.05, 0.1) is 11.6 Å². The van der Waals surface area contributed by atoms with Crippen LogP contribution in [-0.2, 0) is 4.74 Å². The predicted molar refractivity (Wildman–Crippen MR) is 90.3 cm³/mol. The van der Waals surface area contributed by atoms with Crippen LogP contribution in [0.2, 0.25) is 0 Å². The number of pyridine rings is 1. The number of aromatic nitrogens is 1. The van der Waals surface area contributed by atoms with Gasteiger partial charge in [0.25, 0.3) is 0 Å². The molecule has 1 fully saturated rings. The molecule has 1 aliphatic rings. The first-order chi connectivity index (χ1) is 10.9. The third-order valence-electron chi connectivity index (χ3n) is 3.89. The average molecular weight is 313 g/mol. The van der Waals surface area contributed by atoms with Gasteiger partial charge in [-0.2, -0.15) is 0 Å². The summed E-state index contributed by atoms with van der Waals surface area (Å²) in [6, 6.07) is 10.1. The Morgan fingerprint density at radius 1 is 1.35 bits per heavy atom. The fourth-order valence-electron chi connectivity index (χ4n) is 2.83. The lowest BCUT2D eigenvalue weighted by molar-refractivity contribution is 0.0118. The van der Waals surface area contributed by atoms with Crippen molar-refractivity contribution in [2.24, 2.45) is 0 Å². The minimum Gasteiger partial charge on any atom is -0.444 e. The van der Waals surface area contributed by atoms with Crippen molar-refractivity contribution in [2.45, 2.75) is 32.4 Å². The summed E-state index contributed by atoms with van der Waals surface area (Å²) in [6.45, 7) is 7.81. The molecule has 5 nitrogen and oxygen atoms in total. The minimum atomic E-state index is -0.489. The first-order valence-electron chi connectivity index (χ1n) is 7.99. The first-order valence-corrected chi connectivity index (χ1v) is 7.99. The number of piperazine rings is 1. The zero-order chi connectivity index (χ0) is 16.4. The van der Waals surface area contributed by atoms with Gasteiger partial charge in [-0.25, -0.2) is 4.79 Å². The number of nitrogens with one attached hydrogen (secondary N) is 1. The van der Waals surface area contributed by atoms with Gasteiger partial charge in [0.1, 0.15) is 5.60 Å². The summed E-state index contributed by atoms with van der Waals surface area (Å²) in [7, 11) is 0. The SMILES string of the molecule is CC(C)(C)OC(=O)N1CCNCC1c1ccc2cccnc2c1. The number of carbonyl (C=O) groups is 1. The van der Waals surface area contributed by atoms with Gasteiger partial charge >= 0.3 is 6.09 Å². The zero-order valence-electron chi connectivity index (χ0n) is 13.9.